The fourth-order valence-corrected chi connectivity index (χ4v) is 4.15. The van der Waals surface area contributed by atoms with E-state index in [1.807, 2.05) is 0 Å². The van der Waals surface area contributed by atoms with Crippen LogP contribution in [0.15, 0.2) is 57.9 Å². The Morgan fingerprint density at radius 3 is 2.12 bits per heavy atom. The third-order valence-electron chi connectivity index (χ3n) is 3.38. The molecule has 2 rings (SSSR count). The molecule has 0 N–H and O–H groups in total. The van der Waals surface area contributed by atoms with Crippen LogP contribution in [0.2, 0.25) is 0 Å². The number of carbonyl (C=O) groups excluding carboxylic acids is 1. The van der Waals surface area contributed by atoms with Crippen molar-refractivity contribution in [1.29, 1.82) is 0 Å². The van der Waals surface area contributed by atoms with Gasteiger partial charge in [-0.05, 0) is 67.1 Å². The predicted molar refractivity (Wildman–Crippen MR) is 97.1 cm³/mol. The molecule has 0 fully saturated rings. The normalized spacial score (nSPS) is 12.5. The van der Waals surface area contributed by atoms with Gasteiger partial charge in [0.05, 0.1) is 17.7 Å². The van der Waals surface area contributed by atoms with Crippen LogP contribution in [0.25, 0.3) is 0 Å². The molecule has 0 amide bonds. The summed E-state index contributed by atoms with van der Waals surface area (Å²) in [5.74, 6) is 0.574. The summed E-state index contributed by atoms with van der Waals surface area (Å²) in [6.45, 7) is 1.44. The number of ether oxygens (including phenoxy) is 1. The lowest BCUT2D eigenvalue weighted by molar-refractivity contribution is -0.112. The number of halogens is 2. The summed E-state index contributed by atoms with van der Waals surface area (Å²) in [5, 5.41) is -0.772. The molecule has 0 saturated heterocycles. The summed E-state index contributed by atoms with van der Waals surface area (Å²) in [7, 11) is -2.46. The van der Waals surface area contributed by atoms with Crippen LogP contribution in [-0.4, -0.2) is 26.8 Å². The van der Waals surface area contributed by atoms with Crippen LogP contribution < -0.4 is 9.04 Å². The standard InChI is InChI=1S/C16H15BrClNO4S/c1-11(16(18)20)19(13-5-7-14(23-2)8-6-13)24(21,22)15-9-3-12(17)4-10-15/h3-11H,1-2H3. The van der Waals surface area contributed by atoms with E-state index in [1.54, 1.807) is 36.4 Å². The predicted octanol–water partition coefficient (Wildman–Crippen LogP) is 3.81. The molecule has 0 aromatic heterocycles. The highest BCUT2D eigenvalue weighted by Gasteiger charge is 2.32. The molecule has 0 saturated carbocycles. The summed E-state index contributed by atoms with van der Waals surface area (Å²) in [4.78, 5) is 11.7. The molecular weight excluding hydrogens is 418 g/mol. The Bertz CT molecular complexity index is 822. The van der Waals surface area contributed by atoms with Crippen LogP contribution in [0.5, 0.6) is 5.75 Å². The van der Waals surface area contributed by atoms with Gasteiger partial charge in [0.15, 0.2) is 0 Å². The molecular formula is C16H15BrClNO4S. The fourth-order valence-electron chi connectivity index (χ4n) is 2.11. The Hall–Kier alpha value is -1.57. The van der Waals surface area contributed by atoms with E-state index in [0.717, 1.165) is 8.78 Å². The van der Waals surface area contributed by atoms with Crippen LogP contribution in [0.4, 0.5) is 5.69 Å². The van der Waals surface area contributed by atoms with Crippen molar-refractivity contribution in [2.45, 2.75) is 17.9 Å². The van der Waals surface area contributed by atoms with E-state index in [0.29, 0.717) is 11.4 Å². The first-order valence-electron chi connectivity index (χ1n) is 6.91. The average molecular weight is 433 g/mol. The van der Waals surface area contributed by atoms with Crippen molar-refractivity contribution in [3.8, 4) is 5.75 Å². The van der Waals surface area contributed by atoms with Gasteiger partial charge in [-0.15, -0.1) is 0 Å². The van der Waals surface area contributed by atoms with E-state index < -0.39 is 21.3 Å². The molecule has 8 heteroatoms. The summed E-state index contributed by atoms with van der Waals surface area (Å²) in [6, 6.07) is 11.4. The van der Waals surface area contributed by atoms with Crippen molar-refractivity contribution >= 4 is 48.5 Å². The van der Waals surface area contributed by atoms with Gasteiger partial charge in [0.25, 0.3) is 10.0 Å². The number of hydrogen-bond donors (Lipinski definition) is 0. The van der Waals surface area contributed by atoms with Crippen molar-refractivity contribution in [1.82, 2.24) is 0 Å². The minimum atomic E-state index is -3.97. The van der Waals surface area contributed by atoms with Gasteiger partial charge in [-0.3, -0.25) is 9.10 Å². The monoisotopic (exact) mass is 431 g/mol. The van der Waals surface area contributed by atoms with E-state index in [9.17, 15) is 13.2 Å². The molecule has 0 spiro atoms. The Morgan fingerprint density at radius 1 is 1.12 bits per heavy atom. The van der Waals surface area contributed by atoms with Gasteiger partial charge in [0.2, 0.25) is 5.24 Å². The number of methoxy groups -OCH3 is 1. The first-order chi connectivity index (χ1) is 11.3. The summed E-state index contributed by atoms with van der Waals surface area (Å²) >= 11 is 8.84. The average Bonchev–Trinajstić information content (AvgIpc) is 2.55. The second kappa shape index (κ2) is 7.55. The van der Waals surface area contributed by atoms with E-state index >= 15 is 0 Å². The van der Waals surface area contributed by atoms with Crippen molar-refractivity contribution < 1.29 is 17.9 Å². The number of nitrogens with zero attached hydrogens (tertiary/aromatic N) is 1. The number of sulfonamides is 1. The molecule has 128 valence electrons. The quantitative estimate of drug-likeness (QED) is 0.651. The number of carbonyl (C=O) groups is 1. The van der Waals surface area contributed by atoms with Crippen LogP contribution in [0.1, 0.15) is 6.92 Å². The highest BCUT2D eigenvalue weighted by atomic mass is 79.9. The van der Waals surface area contributed by atoms with Crippen molar-refractivity contribution in [2.24, 2.45) is 0 Å². The second-order valence-electron chi connectivity index (χ2n) is 4.93. The molecule has 24 heavy (non-hydrogen) atoms. The van der Waals surface area contributed by atoms with E-state index in [4.69, 9.17) is 16.3 Å². The molecule has 0 aliphatic carbocycles. The Labute approximate surface area is 154 Å². The van der Waals surface area contributed by atoms with Gasteiger partial charge in [0.1, 0.15) is 11.8 Å². The zero-order valence-electron chi connectivity index (χ0n) is 12.9. The first kappa shape index (κ1) is 18.8. The highest BCUT2D eigenvalue weighted by Crippen LogP contribution is 2.29. The second-order valence-corrected chi connectivity index (χ2v) is 8.04. The topological polar surface area (TPSA) is 63.7 Å². The van der Waals surface area contributed by atoms with Gasteiger partial charge >= 0.3 is 0 Å². The van der Waals surface area contributed by atoms with Crippen LogP contribution in [0, 0.1) is 0 Å². The third-order valence-corrected chi connectivity index (χ3v) is 6.13. The SMILES string of the molecule is COc1ccc(N(C(C)C(=O)Cl)S(=O)(=O)c2ccc(Br)cc2)cc1. The maximum absolute atomic E-state index is 13.0. The summed E-state index contributed by atoms with van der Waals surface area (Å²) in [6.07, 6.45) is 0. The lowest BCUT2D eigenvalue weighted by Crippen LogP contribution is -2.42. The zero-order valence-corrected chi connectivity index (χ0v) is 16.1. The summed E-state index contributed by atoms with van der Waals surface area (Å²) < 4.78 is 32.9. The minimum Gasteiger partial charge on any atom is -0.497 e. The molecule has 2 aromatic carbocycles. The van der Waals surface area contributed by atoms with Crippen molar-refractivity contribution in [3.05, 3.63) is 53.0 Å². The van der Waals surface area contributed by atoms with E-state index in [2.05, 4.69) is 15.9 Å². The molecule has 1 atom stereocenters. The maximum atomic E-state index is 13.0. The zero-order chi connectivity index (χ0) is 17.9. The Balaban J connectivity index is 2.56. The number of anilines is 1. The largest absolute Gasteiger partial charge is 0.497 e. The molecule has 0 aliphatic rings. The number of hydrogen-bond acceptors (Lipinski definition) is 4. The molecule has 0 radical (unpaired) electrons. The Kier molecular flexibility index (Phi) is 5.90. The highest BCUT2D eigenvalue weighted by molar-refractivity contribution is 9.10. The first-order valence-corrected chi connectivity index (χ1v) is 9.52. The molecule has 0 aliphatic heterocycles. The number of rotatable bonds is 6. The maximum Gasteiger partial charge on any atom is 0.265 e. The van der Waals surface area contributed by atoms with Crippen LogP contribution >= 0.6 is 27.5 Å². The molecule has 2 aromatic rings. The van der Waals surface area contributed by atoms with Gasteiger partial charge < -0.3 is 4.74 Å². The molecule has 1 unspecified atom stereocenters. The van der Waals surface area contributed by atoms with Gasteiger partial charge in [-0.25, -0.2) is 8.42 Å². The van der Waals surface area contributed by atoms with Crippen molar-refractivity contribution in [2.75, 3.05) is 11.4 Å². The lowest BCUT2D eigenvalue weighted by atomic mass is 10.2. The van der Waals surface area contributed by atoms with E-state index in [1.165, 1.54) is 26.2 Å². The molecule has 5 nitrogen and oxygen atoms in total. The molecule has 0 bridgehead atoms. The fraction of sp³-hybridized carbons (Fsp3) is 0.188. The minimum absolute atomic E-state index is 0.0614. The van der Waals surface area contributed by atoms with Crippen LogP contribution in [-0.2, 0) is 14.8 Å². The summed E-state index contributed by atoms with van der Waals surface area (Å²) in [5.41, 5.74) is 0.320. The third kappa shape index (κ3) is 3.91. The smallest absolute Gasteiger partial charge is 0.265 e. The van der Waals surface area contributed by atoms with Crippen LogP contribution in [0.3, 0.4) is 0 Å². The van der Waals surface area contributed by atoms with E-state index in [-0.39, 0.29) is 4.90 Å². The van der Waals surface area contributed by atoms with Gasteiger partial charge in [-0.2, -0.15) is 0 Å². The van der Waals surface area contributed by atoms with Gasteiger partial charge in [-0.1, -0.05) is 15.9 Å². The number of benzene rings is 2. The molecule has 0 heterocycles. The van der Waals surface area contributed by atoms with Gasteiger partial charge in [0, 0.05) is 4.47 Å². The van der Waals surface area contributed by atoms with Crippen molar-refractivity contribution in [3.63, 3.8) is 0 Å². The lowest BCUT2D eigenvalue weighted by Gasteiger charge is -2.28. The Morgan fingerprint density at radius 2 is 1.67 bits per heavy atom.